The lowest BCUT2D eigenvalue weighted by atomic mass is 10.1. The van der Waals surface area contributed by atoms with Gasteiger partial charge in [-0.2, -0.15) is 4.98 Å². The lowest BCUT2D eigenvalue weighted by Gasteiger charge is -2.33. The average molecular weight is 395 g/mol. The molecule has 0 radical (unpaired) electrons. The molecule has 1 saturated heterocycles. The predicted molar refractivity (Wildman–Crippen MR) is 108 cm³/mol. The second-order valence-corrected chi connectivity index (χ2v) is 7.13. The van der Waals surface area contributed by atoms with Gasteiger partial charge in [0.05, 0.1) is 0 Å². The molecule has 0 spiro atoms. The number of halogens is 2. The highest BCUT2D eigenvalue weighted by atomic mass is 19.3. The van der Waals surface area contributed by atoms with E-state index in [1.807, 2.05) is 18.7 Å². The third kappa shape index (κ3) is 7.19. The number of rotatable bonds is 7. The summed E-state index contributed by atoms with van der Waals surface area (Å²) >= 11 is 0. The van der Waals surface area contributed by atoms with Crippen molar-refractivity contribution in [3.8, 4) is 0 Å². The maximum atomic E-state index is 12.9. The van der Waals surface area contributed by atoms with Gasteiger partial charge in [-0.1, -0.05) is 48.8 Å². The average Bonchev–Trinajstić information content (AvgIpc) is 3.17. The first-order chi connectivity index (χ1) is 13.4. The molecule has 0 amide bonds. The molecule has 1 fully saturated rings. The van der Waals surface area contributed by atoms with Gasteiger partial charge in [0.25, 0.3) is 0 Å². The molecule has 3 rings (SSSR count). The summed E-state index contributed by atoms with van der Waals surface area (Å²) in [5, 5.41) is 3.82. The van der Waals surface area contributed by atoms with Crippen LogP contribution in [-0.4, -0.2) is 53.7 Å². The van der Waals surface area contributed by atoms with Crippen LogP contribution in [0.5, 0.6) is 0 Å². The highest BCUT2D eigenvalue weighted by molar-refractivity contribution is 5.26. The molecule has 1 aromatic carbocycles. The topological polar surface area (TPSA) is 45.4 Å². The lowest BCUT2D eigenvalue weighted by Crippen LogP contribution is -2.47. The fourth-order valence-electron chi connectivity index (χ4n) is 3.01. The molecule has 0 aliphatic carbocycles. The molecule has 0 N–H and O–H groups in total. The maximum absolute atomic E-state index is 12.9. The van der Waals surface area contributed by atoms with Crippen LogP contribution in [0.25, 0.3) is 0 Å². The molecule has 0 atom stereocenters. The van der Waals surface area contributed by atoms with Crippen LogP contribution in [-0.2, 0) is 12.8 Å². The molecular weight excluding hydrogens is 362 g/mol. The van der Waals surface area contributed by atoms with Gasteiger partial charge in [-0.15, -0.1) is 0 Å². The highest BCUT2D eigenvalue weighted by Gasteiger charge is 2.24. The predicted octanol–water partition coefficient (Wildman–Crippen LogP) is 4.36. The Bertz CT molecular complexity index is 689. The molecule has 1 aliphatic rings. The Kier molecular flexibility index (Phi) is 8.35. The molecule has 1 aromatic heterocycles. The minimum absolute atomic E-state index is 0.128. The first kappa shape index (κ1) is 22.3. The van der Waals surface area contributed by atoms with Gasteiger partial charge < -0.3 is 9.42 Å². The van der Waals surface area contributed by atoms with Crippen LogP contribution >= 0.6 is 0 Å². The molecule has 5 nitrogen and oxygen atoms in total. The molecule has 1 aliphatic heterocycles. The molecule has 28 heavy (non-hydrogen) atoms. The summed E-state index contributed by atoms with van der Waals surface area (Å²) in [6.07, 6.45) is 0.901. The minimum atomic E-state index is -2.70. The van der Waals surface area contributed by atoms with Crippen molar-refractivity contribution in [3.63, 3.8) is 0 Å². The van der Waals surface area contributed by atoms with Gasteiger partial charge in [-0.05, 0) is 25.8 Å². The minimum Gasteiger partial charge on any atom is -0.322 e. The number of anilines is 1. The van der Waals surface area contributed by atoms with Crippen molar-refractivity contribution < 1.29 is 13.3 Å². The van der Waals surface area contributed by atoms with Crippen LogP contribution in [0.15, 0.2) is 28.8 Å². The number of aromatic nitrogens is 2. The zero-order chi connectivity index (χ0) is 20.6. The van der Waals surface area contributed by atoms with Crippen molar-refractivity contribution >= 4 is 6.01 Å². The summed E-state index contributed by atoms with van der Waals surface area (Å²) in [6, 6.07) is 9.11. The van der Waals surface area contributed by atoms with Crippen LogP contribution in [0.3, 0.4) is 0 Å². The Morgan fingerprint density at radius 2 is 1.68 bits per heavy atom. The quantitative estimate of drug-likeness (QED) is 0.698. The first-order valence-electron chi connectivity index (χ1n) is 10.1. The van der Waals surface area contributed by atoms with E-state index in [1.165, 1.54) is 11.1 Å². The zero-order valence-corrected chi connectivity index (χ0v) is 17.4. The van der Waals surface area contributed by atoms with Crippen LogP contribution in [0, 0.1) is 6.92 Å². The molecule has 7 heteroatoms. The fourth-order valence-corrected chi connectivity index (χ4v) is 3.01. The smallest absolute Gasteiger partial charge is 0.322 e. The zero-order valence-electron chi connectivity index (χ0n) is 17.4. The van der Waals surface area contributed by atoms with E-state index < -0.39 is 5.92 Å². The second kappa shape index (κ2) is 10.5. The van der Waals surface area contributed by atoms with E-state index >= 15 is 0 Å². The molecule has 156 valence electrons. The molecule has 2 heterocycles. The van der Waals surface area contributed by atoms with E-state index in [1.54, 1.807) is 0 Å². The molecule has 0 bridgehead atoms. The Labute approximate surface area is 166 Å². The van der Waals surface area contributed by atoms with E-state index in [0.717, 1.165) is 46.1 Å². The van der Waals surface area contributed by atoms with Crippen molar-refractivity contribution in [3.05, 3.63) is 41.2 Å². The van der Waals surface area contributed by atoms with E-state index in [0.29, 0.717) is 11.8 Å². The fraction of sp³-hybridized carbons (Fsp3) is 0.619. The third-order valence-corrected chi connectivity index (χ3v) is 4.73. The number of hydrogen-bond acceptors (Lipinski definition) is 5. The van der Waals surface area contributed by atoms with Gasteiger partial charge in [0.1, 0.15) is 0 Å². The van der Waals surface area contributed by atoms with Crippen LogP contribution in [0.2, 0.25) is 0 Å². The summed E-state index contributed by atoms with van der Waals surface area (Å²) in [5.41, 5.74) is 2.64. The number of aryl methyl sites for hydroxylation is 2. The Balaban J connectivity index is 0.00000136. The Hall–Kier alpha value is -2.02. The number of benzene rings is 1. The first-order valence-corrected chi connectivity index (χ1v) is 10.1. The summed E-state index contributed by atoms with van der Waals surface area (Å²) in [7, 11) is 0. The summed E-state index contributed by atoms with van der Waals surface area (Å²) in [6.45, 7) is 11.5. The number of hydrogen-bond donors (Lipinski definition) is 0. The number of nitrogens with zero attached hydrogens (tertiary/aromatic N) is 4. The lowest BCUT2D eigenvalue weighted by molar-refractivity contribution is 0.0127. The molecule has 0 saturated carbocycles. The summed E-state index contributed by atoms with van der Waals surface area (Å²) in [4.78, 5) is 8.71. The number of alkyl halides is 2. The Morgan fingerprint density at radius 1 is 1.04 bits per heavy atom. The van der Waals surface area contributed by atoms with Gasteiger partial charge in [0, 0.05) is 45.6 Å². The molecular formula is C21H32F2N4O. The second-order valence-electron chi connectivity index (χ2n) is 7.13. The molecule has 2 aromatic rings. The van der Waals surface area contributed by atoms with Crippen molar-refractivity contribution in [1.82, 2.24) is 15.0 Å². The van der Waals surface area contributed by atoms with Crippen molar-refractivity contribution in [2.75, 3.05) is 37.6 Å². The van der Waals surface area contributed by atoms with E-state index in [4.69, 9.17) is 4.52 Å². The maximum Gasteiger partial charge on any atom is 0.324 e. The number of piperazine rings is 1. The largest absolute Gasteiger partial charge is 0.324 e. The monoisotopic (exact) mass is 394 g/mol. The van der Waals surface area contributed by atoms with Gasteiger partial charge >= 0.3 is 6.01 Å². The van der Waals surface area contributed by atoms with Crippen LogP contribution in [0.1, 0.15) is 44.1 Å². The summed E-state index contributed by atoms with van der Waals surface area (Å²) in [5.74, 6) is -2.35. The SMILES string of the molecule is CC.Cc1ccc(CCN2CCN(c3nc(CCC(C)(F)F)no3)CC2)cc1. The van der Waals surface area contributed by atoms with E-state index in [2.05, 4.69) is 46.2 Å². The van der Waals surface area contributed by atoms with Crippen molar-refractivity contribution in [2.45, 2.75) is 52.9 Å². The summed E-state index contributed by atoms with van der Waals surface area (Å²) < 4.78 is 31.1. The van der Waals surface area contributed by atoms with Crippen LogP contribution < -0.4 is 4.90 Å². The van der Waals surface area contributed by atoms with Gasteiger partial charge in [-0.25, -0.2) is 8.78 Å². The van der Waals surface area contributed by atoms with Gasteiger partial charge in [0.15, 0.2) is 5.82 Å². The standard InChI is InChI=1S/C19H26F2N4O.C2H6/c1-15-3-5-16(6-4-15)8-10-24-11-13-25(14-12-24)18-22-17(23-26-18)7-9-19(2,20)21;1-2/h3-6H,7-14H2,1-2H3;1-2H3. The molecule has 0 unspecified atom stereocenters. The Morgan fingerprint density at radius 3 is 2.29 bits per heavy atom. The van der Waals surface area contributed by atoms with Crippen molar-refractivity contribution in [2.24, 2.45) is 0 Å². The van der Waals surface area contributed by atoms with E-state index in [9.17, 15) is 8.78 Å². The van der Waals surface area contributed by atoms with Crippen LogP contribution in [0.4, 0.5) is 14.8 Å². The van der Waals surface area contributed by atoms with E-state index in [-0.39, 0.29) is 12.8 Å². The normalized spacial score (nSPS) is 15.3. The van der Waals surface area contributed by atoms with Gasteiger partial charge in [0.2, 0.25) is 5.92 Å². The van der Waals surface area contributed by atoms with Crippen molar-refractivity contribution in [1.29, 1.82) is 0 Å². The third-order valence-electron chi connectivity index (χ3n) is 4.73. The highest BCUT2D eigenvalue weighted by Crippen LogP contribution is 2.20. The van der Waals surface area contributed by atoms with Gasteiger partial charge in [-0.3, -0.25) is 4.90 Å².